The number of amides is 1. The van der Waals surface area contributed by atoms with Gasteiger partial charge in [0.2, 0.25) is 5.91 Å². The third-order valence-corrected chi connectivity index (χ3v) is 5.87. The van der Waals surface area contributed by atoms with Crippen LogP contribution in [0.3, 0.4) is 0 Å². The molecule has 31 heavy (non-hydrogen) atoms. The van der Waals surface area contributed by atoms with E-state index in [1.807, 2.05) is 26.0 Å². The number of likely N-dealkylation sites (N-methyl/N-ethyl adjacent to an activating group) is 1. The summed E-state index contributed by atoms with van der Waals surface area (Å²) in [4.78, 5) is 26.3. The lowest BCUT2D eigenvalue weighted by molar-refractivity contribution is -0.125. The first-order chi connectivity index (χ1) is 15.0. The van der Waals surface area contributed by atoms with Gasteiger partial charge in [-0.25, -0.2) is 9.97 Å². The first kappa shape index (κ1) is 22.7. The van der Waals surface area contributed by atoms with Gasteiger partial charge >= 0.3 is 0 Å². The van der Waals surface area contributed by atoms with Gasteiger partial charge in [-0.1, -0.05) is 32.6 Å². The van der Waals surface area contributed by atoms with E-state index in [4.69, 9.17) is 14.7 Å². The van der Waals surface area contributed by atoms with E-state index in [0.29, 0.717) is 25.6 Å². The lowest BCUT2D eigenvalue weighted by Gasteiger charge is -2.28. The quantitative estimate of drug-likeness (QED) is 0.603. The van der Waals surface area contributed by atoms with Crippen molar-refractivity contribution in [3.8, 4) is 17.1 Å². The fourth-order valence-electron chi connectivity index (χ4n) is 3.27. The van der Waals surface area contributed by atoms with Crippen molar-refractivity contribution in [2.24, 2.45) is 0 Å². The molecule has 164 valence electrons. The Labute approximate surface area is 186 Å². The highest BCUT2D eigenvalue weighted by Crippen LogP contribution is 2.35. The average Bonchev–Trinajstić information content (AvgIpc) is 3.22. The molecule has 1 fully saturated rings. The van der Waals surface area contributed by atoms with Crippen LogP contribution in [0.15, 0.2) is 43.0 Å². The lowest BCUT2D eigenvalue weighted by atomic mass is 10.2. The second-order valence-corrected chi connectivity index (χ2v) is 7.98. The van der Waals surface area contributed by atoms with E-state index in [2.05, 4.69) is 11.5 Å². The van der Waals surface area contributed by atoms with E-state index >= 15 is 0 Å². The Morgan fingerprint density at radius 1 is 1.29 bits per heavy atom. The third kappa shape index (κ3) is 5.21. The van der Waals surface area contributed by atoms with Crippen LogP contribution >= 0.6 is 11.3 Å². The van der Waals surface area contributed by atoms with Gasteiger partial charge in [0.1, 0.15) is 5.75 Å². The number of hydrogen-bond donors (Lipinski definition) is 1. The minimum atomic E-state index is -0.123. The molecule has 0 spiro atoms. The van der Waals surface area contributed by atoms with Crippen molar-refractivity contribution in [2.75, 3.05) is 38.3 Å². The van der Waals surface area contributed by atoms with Gasteiger partial charge in [0.05, 0.1) is 30.0 Å². The molecular formula is C23H28N4O3S. The van der Waals surface area contributed by atoms with Crippen molar-refractivity contribution in [2.45, 2.75) is 20.4 Å². The topological polar surface area (TPSA) is 78.8 Å². The van der Waals surface area contributed by atoms with Gasteiger partial charge in [-0.3, -0.25) is 4.79 Å². The molecule has 2 aromatic heterocycles. The molecule has 1 amide bonds. The molecule has 3 aromatic rings. The van der Waals surface area contributed by atoms with Crippen molar-refractivity contribution in [1.82, 2.24) is 14.9 Å². The maximum absolute atomic E-state index is 11.9. The normalized spacial score (nSPS) is 13.5. The molecule has 7 nitrogen and oxygen atoms in total. The third-order valence-electron chi connectivity index (χ3n) is 4.76. The zero-order chi connectivity index (χ0) is 22.4. The lowest BCUT2D eigenvalue weighted by Crippen LogP contribution is -2.36. The van der Waals surface area contributed by atoms with Gasteiger partial charge in [0, 0.05) is 30.6 Å². The van der Waals surface area contributed by atoms with Crippen LogP contribution < -0.4 is 4.90 Å². The summed E-state index contributed by atoms with van der Waals surface area (Å²) in [5, 5.41) is 9.86. The number of phenols is 1. The Bertz CT molecular complexity index is 1060. The van der Waals surface area contributed by atoms with Gasteiger partial charge in [-0.2, -0.15) is 0 Å². The Hall–Kier alpha value is -2.97. The van der Waals surface area contributed by atoms with Crippen LogP contribution in [0.4, 0.5) is 5.82 Å². The van der Waals surface area contributed by atoms with Crippen molar-refractivity contribution >= 4 is 33.3 Å². The molecule has 0 bridgehead atoms. The van der Waals surface area contributed by atoms with Crippen molar-refractivity contribution in [3.05, 3.63) is 47.9 Å². The van der Waals surface area contributed by atoms with Gasteiger partial charge < -0.3 is 19.6 Å². The standard InChI is InChI=1S/C21H22N4O3S.C2H6/c1-3-18(27)24(2)13-16-12-17-19(29-16)21(25-7-9-28-10-8-25)23-20(22-17)14-5-4-6-15(26)11-14;1-2/h3-6,11-12,26H,1,7-10,13H2,2H3;1-2H3. The van der Waals surface area contributed by atoms with Crippen LogP contribution in [0.1, 0.15) is 18.7 Å². The summed E-state index contributed by atoms with van der Waals surface area (Å²) in [5.41, 5.74) is 1.59. The zero-order valence-electron chi connectivity index (χ0n) is 18.2. The molecule has 1 saturated heterocycles. The van der Waals surface area contributed by atoms with Gasteiger partial charge in [0.15, 0.2) is 11.6 Å². The van der Waals surface area contributed by atoms with Gasteiger partial charge in [0.25, 0.3) is 0 Å². The Morgan fingerprint density at radius 3 is 2.71 bits per heavy atom. The Morgan fingerprint density at radius 2 is 2.03 bits per heavy atom. The molecule has 0 saturated carbocycles. The number of carbonyl (C=O) groups excluding carboxylic acids is 1. The second-order valence-electron chi connectivity index (χ2n) is 6.85. The fourth-order valence-corrected chi connectivity index (χ4v) is 4.44. The summed E-state index contributed by atoms with van der Waals surface area (Å²) < 4.78 is 6.48. The number of aromatic nitrogens is 2. The largest absolute Gasteiger partial charge is 0.508 e. The second kappa shape index (κ2) is 10.4. The summed E-state index contributed by atoms with van der Waals surface area (Å²) >= 11 is 1.60. The number of carbonyl (C=O) groups is 1. The highest BCUT2D eigenvalue weighted by atomic mass is 32.1. The van der Waals surface area contributed by atoms with E-state index in [-0.39, 0.29) is 11.7 Å². The number of phenolic OH excluding ortho intramolecular Hbond substituents is 1. The SMILES string of the molecule is C=CC(=O)N(C)Cc1cc2nc(-c3cccc(O)c3)nc(N3CCOCC3)c2s1.CC. The van der Waals surface area contributed by atoms with Crippen LogP contribution in [0.5, 0.6) is 5.75 Å². The first-order valence-electron chi connectivity index (χ1n) is 10.4. The first-order valence-corrected chi connectivity index (χ1v) is 11.2. The molecule has 0 unspecified atom stereocenters. The van der Waals surface area contributed by atoms with Crippen LogP contribution in [-0.4, -0.2) is 59.2 Å². The molecule has 0 atom stereocenters. The maximum Gasteiger partial charge on any atom is 0.246 e. The summed E-state index contributed by atoms with van der Waals surface area (Å²) in [6, 6.07) is 8.95. The molecule has 1 aliphatic heterocycles. The Balaban J connectivity index is 0.00000132. The number of fused-ring (bicyclic) bond motifs is 1. The highest BCUT2D eigenvalue weighted by molar-refractivity contribution is 7.19. The summed E-state index contributed by atoms with van der Waals surface area (Å²) in [6.45, 7) is 10.9. The van der Waals surface area contributed by atoms with E-state index in [9.17, 15) is 9.90 Å². The number of morpholine rings is 1. The monoisotopic (exact) mass is 440 g/mol. The molecule has 1 aliphatic rings. The molecule has 0 aliphatic carbocycles. The predicted molar refractivity (Wildman–Crippen MR) is 126 cm³/mol. The van der Waals surface area contributed by atoms with Crippen LogP contribution in [-0.2, 0) is 16.1 Å². The van der Waals surface area contributed by atoms with E-state index in [1.165, 1.54) is 6.08 Å². The number of anilines is 1. The molecule has 3 heterocycles. The predicted octanol–water partition coefficient (Wildman–Crippen LogP) is 4.07. The van der Waals surface area contributed by atoms with E-state index in [1.54, 1.807) is 41.5 Å². The number of nitrogens with zero attached hydrogens (tertiary/aromatic N) is 4. The number of hydrogen-bond acceptors (Lipinski definition) is 7. The Kier molecular flexibility index (Phi) is 7.59. The molecular weight excluding hydrogens is 412 g/mol. The molecule has 1 N–H and O–H groups in total. The molecule has 1 aromatic carbocycles. The average molecular weight is 441 g/mol. The van der Waals surface area contributed by atoms with E-state index in [0.717, 1.165) is 39.6 Å². The minimum absolute atomic E-state index is 0.123. The number of rotatable bonds is 5. The number of thiophene rings is 1. The highest BCUT2D eigenvalue weighted by Gasteiger charge is 2.21. The summed E-state index contributed by atoms with van der Waals surface area (Å²) in [7, 11) is 1.75. The number of benzene rings is 1. The van der Waals surface area contributed by atoms with Crippen LogP contribution in [0, 0.1) is 0 Å². The zero-order valence-corrected chi connectivity index (χ0v) is 19.0. The minimum Gasteiger partial charge on any atom is -0.508 e. The van der Waals surface area contributed by atoms with Gasteiger partial charge in [-0.15, -0.1) is 11.3 Å². The molecule has 8 heteroatoms. The smallest absolute Gasteiger partial charge is 0.246 e. The van der Waals surface area contributed by atoms with Crippen LogP contribution in [0.25, 0.3) is 21.6 Å². The van der Waals surface area contributed by atoms with Crippen LogP contribution in [0.2, 0.25) is 0 Å². The fraction of sp³-hybridized carbons (Fsp3) is 0.348. The summed E-state index contributed by atoms with van der Waals surface area (Å²) in [5.74, 6) is 1.48. The molecule has 0 radical (unpaired) electrons. The maximum atomic E-state index is 11.9. The van der Waals surface area contributed by atoms with Crippen molar-refractivity contribution < 1.29 is 14.6 Å². The number of ether oxygens (including phenoxy) is 1. The van der Waals surface area contributed by atoms with E-state index < -0.39 is 0 Å². The van der Waals surface area contributed by atoms with Crippen molar-refractivity contribution in [1.29, 1.82) is 0 Å². The van der Waals surface area contributed by atoms with Crippen molar-refractivity contribution in [3.63, 3.8) is 0 Å². The molecule has 4 rings (SSSR count). The van der Waals surface area contributed by atoms with Gasteiger partial charge in [-0.05, 0) is 24.3 Å². The number of aromatic hydroxyl groups is 1. The summed E-state index contributed by atoms with van der Waals surface area (Å²) in [6.07, 6.45) is 1.31.